The standard InChI is InChI=1S/C31H39F2N5O8.C3H3F3O2/c1-18(2)35-46-25-10-7-19(3)36-16-24(25)37-15-22(29(40)34-14-20-8-9-21(32)13-23(20)33)27(39)28(26(37)30(36)41)44-17-45-31(42)43-12-11-38(4,5)6;1-8-2(7)3(4,5)6/h8-9,13,15,19,24-25H,7,10-12,14,16-17H2,1-6H3;1H3/p+1. The first-order valence-corrected chi connectivity index (χ1v) is 16.5. The van der Waals surface area contributed by atoms with Crippen LogP contribution in [0.25, 0.3) is 0 Å². The number of quaternary nitrogens is 1. The summed E-state index contributed by atoms with van der Waals surface area (Å²) in [7, 11) is 6.44. The van der Waals surface area contributed by atoms with Gasteiger partial charge in [-0.2, -0.15) is 13.2 Å². The lowest BCUT2D eigenvalue weighted by atomic mass is 10.0. The Hall–Kier alpha value is -5.27. The summed E-state index contributed by atoms with van der Waals surface area (Å²) in [5.41, 5.74) is -0.857. The van der Waals surface area contributed by atoms with E-state index in [0.29, 0.717) is 42.8 Å². The third-order valence-corrected chi connectivity index (χ3v) is 8.08. The molecule has 2 aliphatic heterocycles. The molecule has 3 unspecified atom stereocenters. The summed E-state index contributed by atoms with van der Waals surface area (Å²) < 4.78 is 81.6. The molecule has 3 heterocycles. The molecule has 3 atom stereocenters. The Balaban J connectivity index is 0.000000879. The summed E-state index contributed by atoms with van der Waals surface area (Å²) in [6, 6.07) is 2.11. The van der Waals surface area contributed by atoms with Gasteiger partial charge in [0.05, 0.1) is 40.0 Å². The molecule has 2 bridgehead atoms. The topological polar surface area (TPSA) is 164 Å². The number of halogens is 5. The van der Waals surface area contributed by atoms with E-state index in [9.17, 15) is 45.9 Å². The number of hydrogen-bond acceptors (Lipinski definition) is 11. The van der Waals surface area contributed by atoms with Gasteiger partial charge in [0.1, 0.15) is 36.5 Å². The highest BCUT2D eigenvalue weighted by Gasteiger charge is 2.44. The number of likely N-dealkylation sites (N-methyl/N-ethyl adjacent to an activating group) is 1. The largest absolute Gasteiger partial charge is 0.511 e. The number of nitrogens with zero attached hydrogens (tertiary/aromatic N) is 4. The molecule has 2 aliphatic rings. The number of carbonyl (C=O) groups is 4. The van der Waals surface area contributed by atoms with Gasteiger partial charge in [-0.05, 0) is 39.7 Å². The van der Waals surface area contributed by atoms with Crippen LogP contribution in [-0.4, -0.2) is 117 Å². The normalized spacial score (nSPS) is 17.8. The highest BCUT2D eigenvalue weighted by Crippen LogP contribution is 2.36. The number of benzene rings is 1. The predicted molar refractivity (Wildman–Crippen MR) is 180 cm³/mol. The maximum Gasteiger partial charge on any atom is 0.511 e. The van der Waals surface area contributed by atoms with Crippen LogP contribution in [0, 0.1) is 11.6 Å². The Morgan fingerprint density at radius 2 is 1.74 bits per heavy atom. The molecule has 1 aromatic heterocycles. The number of methoxy groups -OCH3 is 1. The number of fused-ring (bicyclic) bond motifs is 4. The predicted octanol–water partition coefficient (Wildman–Crippen LogP) is 3.93. The Morgan fingerprint density at radius 1 is 1.06 bits per heavy atom. The molecule has 20 heteroatoms. The lowest BCUT2D eigenvalue weighted by Gasteiger charge is -2.38. The number of oxime groups is 1. The molecule has 0 spiro atoms. The Morgan fingerprint density at radius 3 is 2.31 bits per heavy atom. The third-order valence-electron chi connectivity index (χ3n) is 8.08. The molecule has 54 heavy (non-hydrogen) atoms. The van der Waals surface area contributed by atoms with Crippen molar-refractivity contribution in [1.82, 2.24) is 14.8 Å². The monoisotopic (exact) mass is 776 g/mol. The SMILES string of the molecule is CC(C)=NOC1CCC(C)N2CC1n1cc(C(=O)NCc3ccc(F)cc3F)c(=O)c(OCOC(=O)OCC[N+](C)(C)C)c1C2=O.COC(=O)C(F)(F)F. The molecular weight excluding hydrogens is 733 g/mol. The Bertz CT molecular complexity index is 1790. The number of pyridine rings is 1. The quantitative estimate of drug-likeness (QED) is 0.0884. The smallest absolute Gasteiger partial charge is 0.462 e. The highest BCUT2D eigenvalue weighted by atomic mass is 19.4. The van der Waals surface area contributed by atoms with Crippen molar-refractivity contribution in [3.63, 3.8) is 0 Å². The molecule has 0 aliphatic carbocycles. The maximum atomic E-state index is 14.2. The fourth-order valence-corrected chi connectivity index (χ4v) is 5.24. The van der Waals surface area contributed by atoms with Crippen LogP contribution in [0.3, 0.4) is 0 Å². The average molecular weight is 777 g/mol. The minimum absolute atomic E-state index is 0.00806. The van der Waals surface area contributed by atoms with Crippen LogP contribution in [-0.2, 0) is 30.4 Å². The van der Waals surface area contributed by atoms with Crippen LogP contribution in [0.1, 0.15) is 66.1 Å². The molecule has 298 valence electrons. The van der Waals surface area contributed by atoms with Crippen LogP contribution in [0.2, 0.25) is 0 Å². The van der Waals surface area contributed by atoms with Crippen molar-refractivity contribution in [2.24, 2.45) is 5.16 Å². The fourth-order valence-electron chi connectivity index (χ4n) is 5.24. The van der Waals surface area contributed by atoms with E-state index in [-0.39, 0.29) is 37.0 Å². The number of esters is 1. The molecular formula is C34H43F5N5O10+. The van der Waals surface area contributed by atoms with Crippen LogP contribution < -0.4 is 15.5 Å². The zero-order valence-corrected chi connectivity index (χ0v) is 30.8. The molecule has 1 fully saturated rings. The van der Waals surface area contributed by atoms with E-state index in [2.05, 4.69) is 15.2 Å². The number of carbonyl (C=O) groups excluding carboxylic acids is 4. The first-order chi connectivity index (χ1) is 25.1. The van der Waals surface area contributed by atoms with Crippen LogP contribution in [0.4, 0.5) is 26.7 Å². The number of alkyl halides is 3. The number of hydrogen-bond donors (Lipinski definition) is 1. The summed E-state index contributed by atoms with van der Waals surface area (Å²) in [6.45, 7) is 5.07. The van der Waals surface area contributed by atoms with Crippen molar-refractivity contribution in [2.45, 2.75) is 64.5 Å². The van der Waals surface area contributed by atoms with E-state index in [4.69, 9.17) is 19.0 Å². The Labute approximate surface area is 307 Å². The average Bonchev–Trinajstić information content (AvgIpc) is 3.22. The van der Waals surface area contributed by atoms with E-state index in [1.54, 1.807) is 18.7 Å². The summed E-state index contributed by atoms with van der Waals surface area (Å²) in [6.07, 6.45) is -4.09. The number of nitrogens with one attached hydrogen (secondary N) is 1. The van der Waals surface area contributed by atoms with Crippen LogP contribution in [0.15, 0.2) is 34.3 Å². The summed E-state index contributed by atoms with van der Waals surface area (Å²) in [5, 5.41) is 6.60. The van der Waals surface area contributed by atoms with Crippen molar-refractivity contribution >= 4 is 29.7 Å². The molecule has 15 nitrogen and oxygen atoms in total. The second kappa shape index (κ2) is 18.2. The molecule has 0 radical (unpaired) electrons. The Kier molecular flexibility index (Phi) is 14.5. The van der Waals surface area contributed by atoms with Gasteiger partial charge in [-0.15, -0.1) is 0 Å². The number of aromatic nitrogens is 1. The molecule has 1 saturated heterocycles. The summed E-state index contributed by atoms with van der Waals surface area (Å²) in [4.78, 5) is 70.1. The van der Waals surface area contributed by atoms with Gasteiger partial charge < -0.3 is 43.1 Å². The molecule has 1 N–H and O–H groups in total. The van der Waals surface area contributed by atoms with E-state index >= 15 is 0 Å². The van der Waals surface area contributed by atoms with Gasteiger partial charge in [0.15, 0.2) is 5.69 Å². The van der Waals surface area contributed by atoms with Gasteiger partial charge >= 0.3 is 18.3 Å². The van der Waals surface area contributed by atoms with Crippen molar-refractivity contribution < 1.29 is 69.4 Å². The van der Waals surface area contributed by atoms with Gasteiger partial charge in [-0.25, -0.2) is 18.4 Å². The molecule has 0 saturated carbocycles. The first-order valence-electron chi connectivity index (χ1n) is 16.5. The van der Waals surface area contributed by atoms with E-state index in [1.807, 2.05) is 28.1 Å². The lowest BCUT2D eigenvalue weighted by Crippen LogP contribution is -2.49. The fraction of sp³-hybridized carbons (Fsp3) is 0.529. The molecule has 2 aromatic rings. The van der Waals surface area contributed by atoms with Gasteiger partial charge in [0.25, 0.3) is 11.8 Å². The zero-order chi connectivity index (χ0) is 40.5. The van der Waals surface area contributed by atoms with Crippen molar-refractivity contribution in [1.29, 1.82) is 0 Å². The van der Waals surface area contributed by atoms with Crippen molar-refractivity contribution in [3.8, 4) is 5.75 Å². The van der Waals surface area contributed by atoms with E-state index in [1.165, 1.54) is 16.8 Å². The minimum Gasteiger partial charge on any atom is -0.462 e. The molecule has 4 rings (SSSR count). The second-order valence-corrected chi connectivity index (χ2v) is 13.5. The van der Waals surface area contributed by atoms with Gasteiger partial charge in [0, 0.05) is 37.0 Å². The van der Waals surface area contributed by atoms with Gasteiger partial charge in [-0.3, -0.25) is 14.4 Å². The van der Waals surface area contributed by atoms with Crippen molar-refractivity contribution in [2.75, 3.05) is 54.7 Å². The third kappa shape index (κ3) is 11.6. The highest BCUT2D eigenvalue weighted by molar-refractivity contribution is 5.99. The van der Waals surface area contributed by atoms with Gasteiger partial charge in [0.2, 0.25) is 18.0 Å². The lowest BCUT2D eigenvalue weighted by molar-refractivity contribution is -0.870. The number of amides is 2. The maximum absolute atomic E-state index is 14.2. The minimum atomic E-state index is -4.85. The van der Waals surface area contributed by atoms with Crippen LogP contribution in [0.5, 0.6) is 5.75 Å². The first kappa shape index (κ1) is 43.1. The van der Waals surface area contributed by atoms with Gasteiger partial charge in [-0.1, -0.05) is 11.2 Å². The van der Waals surface area contributed by atoms with E-state index in [0.717, 1.165) is 6.07 Å². The summed E-state index contributed by atoms with van der Waals surface area (Å²) >= 11 is 0. The summed E-state index contributed by atoms with van der Waals surface area (Å²) in [5.74, 6) is -5.75. The molecule has 2 amide bonds. The zero-order valence-electron chi connectivity index (χ0n) is 30.8. The van der Waals surface area contributed by atoms with Crippen molar-refractivity contribution in [3.05, 3.63) is 63.1 Å². The second-order valence-electron chi connectivity index (χ2n) is 13.5. The molecule has 1 aromatic carbocycles. The van der Waals surface area contributed by atoms with E-state index < -0.39 is 77.4 Å². The number of ether oxygens (including phenoxy) is 4. The van der Waals surface area contributed by atoms with Crippen LogP contribution >= 0.6 is 0 Å². The number of rotatable bonds is 11.